The normalized spacial score (nSPS) is 17.2. The number of carbonyl (C=O) groups is 1. The maximum absolute atomic E-state index is 11.1. The zero-order valence-electron chi connectivity index (χ0n) is 15.7. The van der Waals surface area contributed by atoms with Crippen LogP contribution in [-0.4, -0.2) is 17.7 Å². The number of allylic oxidation sites excluding steroid dienone is 3. The summed E-state index contributed by atoms with van der Waals surface area (Å²) in [6.07, 6.45) is 4.34. The van der Waals surface area contributed by atoms with Crippen LogP contribution in [0.15, 0.2) is 46.9 Å². The van der Waals surface area contributed by atoms with Crippen LogP contribution in [0.1, 0.15) is 30.5 Å². The zero-order chi connectivity index (χ0) is 19.0. The standard InChI is InChI=1S/C22H24O3S/c1-12-6-7-17(15(4)14(12)3)10-25-19-8-13(2)21-18(9-20(23)24)11-26-22(21)16(19)5/h6-8,11-12H,3,9-10H2,1-2,4-5H3,(H,23,24). The maximum Gasteiger partial charge on any atom is 0.307 e. The summed E-state index contributed by atoms with van der Waals surface area (Å²) >= 11 is 1.59. The van der Waals surface area contributed by atoms with Crippen molar-refractivity contribution in [1.82, 2.24) is 0 Å². The van der Waals surface area contributed by atoms with E-state index in [9.17, 15) is 4.79 Å². The molecule has 0 radical (unpaired) electrons. The fourth-order valence-corrected chi connectivity index (χ4v) is 4.54. The number of carboxylic acid groups (broad SMARTS) is 1. The summed E-state index contributed by atoms with van der Waals surface area (Å²) in [5.74, 6) is 0.428. The van der Waals surface area contributed by atoms with E-state index in [1.165, 1.54) is 5.57 Å². The lowest BCUT2D eigenvalue weighted by molar-refractivity contribution is -0.136. The van der Waals surface area contributed by atoms with E-state index in [1.807, 2.05) is 25.3 Å². The summed E-state index contributed by atoms with van der Waals surface area (Å²) in [6, 6.07) is 2.02. The Balaban J connectivity index is 1.90. The van der Waals surface area contributed by atoms with Crippen molar-refractivity contribution in [3.63, 3.8) is 0 Å². The summed E-state index contributed by atoms with van der Waals surface area (Å²) in [6.45, 7) is 13.0. The molecule has 2 aromatic rings. The predicted octanol–water partition coefficient (Wildman–Crippen LogP) is 5.60. The highest BCUT2D eigenvalue weighted by Gasteiger charge is 2.17. The molecule has 0 fully saturated rings. The number of aliphatic carboxylic acids is 1. The number of carboxylic acids is 1. The quantitative estimate of drug-likeness (QED) is 0.747. The van der Waals surface area contributed by atoms with Gasteiger partial charge in [0.05, 0.1) is 6.42 Å². The van der Waals surface area contributed by atoms with Gasteiger partial charge in [-0.1, -0.05) is 25.7 Å². The third-order valence-electron chi connectivity index (χ3n) is 5.14. The van der Waals surface area contributed by atoms with Crippen molar-refractivity contribution in [2.75, 3.05) is 6.61 Å². The second kappa shape index (κ2) is 7.12. The van der Waals surface area contributed by atoms with Gasteiger partial charge in [0.1, 0.15) is 12.4 Å². The molecule has 3 rings (SSSR count). The van der Waals surface area contributed by atoms with Gasteiger partial charge < -0.3 is 9.84 Å². The van der Waals surface area contributed by atoms with Gasteiger partial charge in [-0.05, 0) is 71.4 Å². The Labute approximate surface area is 158 Å². The number of hydrogen-bond donors (Lipinski definition) is 1. The molecule has 3 nitrogen and oxygen atoms in total. The van der Waals surface area contributed by atoms with E-state index in [4.69, 9.17) is 9.84 Å². The van der Waals surface area contributed by atoms with Crippen molar-refractivity contribution in [3.05, 3.63) is 63.6 Å². The summed E-state index contributed by atoms with van der Waals surface area (Å²) in [7, 11) is 0. The van der Waals surface area contributed by atoms with E-state index in [0.29, 0.717) is 12.5 Å². The van der Waals surface area contributed by atoms with Gasteiger partial charge in [0.25, 0.3) is 0 Å². The highest BCUT2D eigenvalue weighted by Crippen LogP contribution is 2.37. The Morgan fingerprint density at radius 2 is 2.08 bits per heavy atom. The number of thiophene rings is 1. The zero-order valence-corrected chi connectivity index (χ0v) is 16.5. The van der Waals surface area contributed by atoms with E-state index in [-0.39, 0.29) is 6.42 Å². The minimum atomic E-state index is -0.803. The number of ether oxygens (including phenoxy) is 1. The number of hydrogen-bond acceptors (Lipinski definition) is 3. The lowest BCUT2D eigenvalue weighted by Crippen LogP contribution is -2.10. The molecule has 1 aliphatic carbocycles. The Morgan fingerprint density at radius 1 is 1.35 bits per heavy atom. The van der Waals surface area contributed by atoms with Crippen LogP contribution >= 0.6 is 11.3 Å². The summed E-state index contributed by atoms with van der Waals surface area (Å²) in [4.78, 5) is 11.1. The van der Waals surface area contributed by atoms with Crippen molar-refractivity contribution in [2.45, 2.75) is 34.1 Å². The summed E-state index contributed by atoms with van der Waals surface area (Å²) in [5.41, 5.74) is 6.51. The SMILES string of the molecule is C=C1C(C)=C(COc2cc(C)c3c(CC(=O)O)csc3c2C)C=CC1C. The predicted molar refractivity (Wildman–Crippen MR) is 108 cm³/mol. The maximum atomic E-state index is 11.1. The van der Waals surface area contributed by atoms with Gasteiger partial charge in [-0.3, -0.25) is 4.79 Å². The number of aryl methyl sites for hydroxylation is 2. The third kappa shape index (κ3) is 3.34. The Kier molecular flexibility index (Phi) is 5.05. The monoisotopic (exact) mass is 368 g/mol. The van der Waals surface area contributed by atoms with E-state index in [1.54, 1.807) is 11.3 Å². The molecule has 1 unspecified atom stereocenters. The lowest BCUT2D eigenvalue weighted by Gasteiger charge is -2.21. The number of benzene rings is 1. The van der Waals surface area contributed by atoms with Crippen molar-refractivity contribution in [3.8, 4) is 5.75 Å². The van der Waals surface area contributed by atoms with E-state index >= 15 is 0 Å². The van der Waals surface area contributed by atoms with Crippen molar-refractivity contribution in [2.24, 2.45) is 5.92 Å². The van der Waals surface area contributed by atoms with Gasteiger partial charge in [0.15, 0.2) is 0 Å². The van der Waals surface area contributed by atoms with Gasteiger partial charge in [0, 0.05) is 10.3 Å². The molecular weight excluding hydrogens is 344 g/mol. The molecule has 26 heavy (non-hydrogen) atoms. The second-order valence-corrected chi connectivity index (χ2v) is 7.84. The van der Waals surface area contributed by atoms with Gasteiger partial charge in [-0.15, -0.1) is 11.3 Å². The summed E-state index contributed by atoms with van der Waals surface area (Å²) in [5, 5.41) is 12.1. The molecule has 1 aromatic carbocycles. The molecule has 0 saturated carbocycles. The first-order chi connectivity index (χ1) is 12.3. The Hall–Kier alpha value is -2.33. The number of rotatable bonds is 5. The van der Waals surface area contributed by atoms with Crippen LogP contribution in [0.25, 0.3) is 10.1 Å². The van der Waals surface area contributed by atoms with Crippen LogP contribution < -0.4 is 4.74 Å². The van der Waals surface area contributed by atoms with E-state index in [0.717, 1.165) is 43.7 Å². The van der Waals surface area contributed by atoms with Gasteiger partial charge >= 0.3 is 5.97 Å². The Bertz CT molecular complexity index is 959. The molecule has 0 amide bonds. The average molecular weight is 368 g/mol. The molecule has 1 aliphatic rings. The topological polar surface area (TPSA) is 46.5 Å². The molecule has 1 aromatic heterocycles. The average Bonchev–Trinajstić information content (AvgIpc) is 3.00. The molecule has 1 atom stereocenters. The minimum Gasteiger partial charge on any atom is -0.489 e. The highest BCUT2D eigenvalue weighted by atomic mass is 32.1. The second-order valence-electron chi connectivity index (χ2n) is 6.96. The first kappa shape index (κ1) is 18.5. The van der Waals surface area contributed by atoms with Crippen LogP contribution in [0.4, 0.5) is 0 Å². The molecular formula is C22H24O3S. The first-order valence-corrected chi connectivity index (χ1v) is 9.59. The van der Waals surface area contributed by atoms with Gasteiger partial charge in [0.2, 0.25) is 0 Å². The van der Waals surface area contributed by atoms with Crippen molar-refractivity contribution < 1.29 is 14.6 Å². The smallest absolute Gasteiger partial charge is 0.307 e. The first-order valence-electron chi connectivity index (χ1n) is 8.71. The Morgan fingerprint density at radius 3 is 2.77 bits per heavy atom. The molecule has 136 valence electrons. The van der Waals surface area contributed by atoms with Crippen LogP contribution in [0.2, 0.25) is 0 Å². The minimum absolute atomic E-state index is 0.0532. The lowest BCUT2D eigenvalue weighted by atomic mass is 9.88. The molecule has 0 spiro atoms. The molecule has 0 bridgehead atoms. The fraction of sp³-hybridized carbons (Fsp3) is 0.318. The number of fused-ring (bicyclic) bond motifs is 1. The third-order valence-corrected chi connectivity index (χ3v) is 6.29. The van der Waals surface area contributed by atoms with E-state index in [2.05, 4.69) is 32.6 Å². The largest absolute Gasteiger partial charge is 0.489 e. The fourth-order valence-electron chi connectivity index (χ4n) is 3.40. The van der Waals surface area contributed by atoms with Crippen LogP contribution in [0.5, 0.6) is 5.75 Å². The molecule has 0 aliphatic heterocycles. The van der Waals surface area contributed by atoms with Gasteiger partial charge in [-0.2, -0.15) is 0 Å². The van der Waals surface area contributed by atoms with E-state index < -0.39 is 5.97 Å². The molecule has 4 heteroatoms. The van der Waals surface area contributed by atoms with Crippen LogP contribution in [-0.2, 0) is 11.2 Å². The molecule has 1 N–H and O–H groups in total. The van der Waals surface area contributed by atoms with Crippen molar-refractivity contribution >= 4 is 27.4 Å². The highest BCUT2D eigenvalue weighted by molar-refractivity contribution is 7.17. The van der Waals surface area contributed by atoms with Crippen molar-refractivity contribution in [1.29, 1.82) is 0 Å². The van der Waals surface area contributed by atoms with Crippen LogP contribution in [0.3, 0.4) is 0 Å². The van der Waals surface area contributed by atoms with Gasteiger partial charge in [-0.25, -0.2) is 0 Å². The molecule has 1 heterocycles. The summed E-state index contributed by atoms with van der Waals surface area (Å²) < 4.78 is 7.26. The molecule has 0 saturated heterocycles. The van der Waals surface area contributed by atoms with Crippen LogP contribution in [0, 0.1) is 19.8 Å².